The van der Waals surface area contributed by atoms with Crippen molar-refractivity contribution in [3.05, 3.63) is 18.2 Å². The summed E-state index contributed by atoms with van der Waals surface area (Å²) in [6.07, 6.45) is 1.25. The van der Waals surface area contributed by atoms with Gasteiger partial charge in [-0.3, -0.25) is 0 Å². The number of nitrogen functional groups attached to an aromatic ring is 1. The van der Waals surface area contributed by atoms with Crippen LogP contribution in [0.15, 0.2) is 22.6 Å². The highest BCUT2D eigenvalue weighted by atomic mass is 16.5. The SMILES string of the molecule is COC1CC(Nc2nc3cc(N)ccc3o2)C1(C)C. The largest absolute Gasteiger partial charge is 0.424 e. The molecule has 1 fully saturated rings. The molecule has 0 bridgehead atoms. The van der Waals surface area contributed by atoms with Crippen molar-refractivity contribution in [2.45, 2.75) is 32.4 Å². The van der Waals surface area contributed by atoms with Gasteiger partial charge in [0.2, 0.25) is 0 Å². The minimum Gasteiger partial charge on any atom is -0.424 e. The zero-order valence-corrected chi connectivity index (χ0v) is 11.4. The molecule has 1 saturated carbocycles. The number of anilines is 2. The summed E-state index contributed by atoms with van der Waals surface area (Å²) >= 11 is 0. The van der Waals surface area contributed by atoms with Gasteiger partial charge in [0, 0.05) is 24.3 Å². The van der Waals surface area contributed by atoms with Gasteiger partial charge in [0.15, 0.2) is 5.58 Å². The fourth-order valence-electron chi connectivity index (χ4n) is 2.69. The molecule has 2 atom stereocenters. The molecule has 5 heteroatoms. The van der Waals surface area contributed by atoms with Crippen LogP contribution in [-0.2, 0) is 4.74 Å². The molecule has 1 aromatic heterocycles. The Bertz CT molecular complexity index is 606. The van der Waals surface area contributed by atoms with E-state index in [2.05, 4.69) is 24.1 Å². The van der Waals surface area contributed by atoms with Crippen LogP contribution in [0.3, 0.4) is 0 Å². The van der Waals surface area contributed by atoms with Gasteiger partial charge in [0.05, 0.1) is 6.10 Å². The van der Waals surface area contributed by atoms with Crippen molar-refractivity contribution in [1.29, 1.82) is 0 Å². The summed E-state index contributed by atoms with van der Waals surface area (Å²) < 4.78 is 11.1. The molecule has 0 radical (unpaired) electrons. The quantitative estimate of drug-likeness (QED) is 0.831. The Hall–Kier alpha value is -1.75. The lowest BCUT2D eigenvalue weighted by Crippen LogP contribution is -2.57. The molecule has 0 aliphatic heterocycles. The van der Waals surface area contributed by atoms with Gasteiger partial charge in [-0.1, -0.05) is 13.8 Å². The smallest absolute Gasteiger partial charge is 0.295 e. The van der Waals surface area contributed by atoms with Gasteiger partial charge < -0.3 is 20.2 Å². The molecule has 1 heterocycles. The number of nitrogens with one attached hydrogen (secondary N) is 1. The summed E-state index contributed by atoms with van der Waals surface area (Å²) in [5, 5.41) is 3.34. The molecule has 1 aromatic carbocycles. The normalized spacial score (nSPS) is 25.2. The van der Waals surface area contributed by atoms with Crippen molar-refractivity contribution in [3.63, 3.8) is 0 Å². The van der Waals surface area contributed by atoms with Gasteiger partial charge in [0.1, 0.15) is 5.52 Å². The maximum absolute atomic E-state index is 5.73. The van der Waals surface area contributed by atoms with Crippen LogP contribution < -0.4 is 11.1 Å². The number of nitrogens with two attached hydrogens (primary N) is 1. The molecule has 0 spiro atoms. The molecular formula is C14H19N3O2. The minimum atomic E-state index is 0.0778. The van der Waals surface area contributed by atoms with Gasteiger partial charge in [-0.05, 0) is 24.6 Å². The number of methoxy groups -OCH3 is 1. The van der Waals surface area contributed by atoms with E-state index in [9.17, 15) is 0 Å². The molecule has 2 unspecified atom stereocenters. The van der Waals surface area contributed by atoms with Gasteiger partial charge in [-0.2, -0.15) is 4.98 Å². The van der Waals surface area contributed by atoms with Crippen LogP contribution in [0.1, 0.15) is 20.3 Å². The van der Waals surface area contributed by atoms with Gasteiger partial charge in [0.25, 0.3) is 6.01 Å². The van der Waals surface area contributed by atoms with Crippen LogP contribution in [0.25, 0.3) is 11.1 Å². The average molecular weight is 261 g/mol. The predicted molar refractivity (Wildman–Crippen MR) is 75.0 cm³/mol. The van der Waals surface area contributed by atoms with E-state index >= 15 is 0 Å². The first kappa shape index (κ1) is 12.3. The molecule has 0 amide bonds. The number of fused-ring (bicyclic) bond motifs is 1. The van der Waals surface area contributed by atoms with E-state index in [1.807, 2.05) is 18.2 Å². The molecule has 1 aliphatic rings. The Morgan fingerprint density at radius 3 is 2.95 bits per heavy atom. The van der Waals surface area contributed by atoms with Crippen LogP contribution in [0.4, 0.5) is 11.7 Å². The van der Waals surface area contributed by atoms with Crippen molar-refractivity contribution in [1.82, 2.24) is 4.98 Å². The Balaban J connectivity index is 1.79. The van der Waals surface area contributed by atoms with Crippen LogP contribution in [-0.4, -0.2) is 24.2 Å². The number of ether oxygens (including phenoxy) is 1. The molecule has 102 valence electrons. The number of rotatable bonds is 3. The van der Waals surface area contributed by atoms with Crippen molar-refractivity contribution >= 4 is 22.8 Å². The maximum atomic E-state index is 5.73. The van der Waals surface area contributed by atoms with E-state index in [1.165, 1.54) is 0 Å². The average Bonchev–Trinajstić information content (AvgIpc) is 2.75. The predicted octanol–water partition coefficient (Wildman–Crippen LogP) is 2.64. The summed E-state index contributed by atoms with van der Waals surface area (Å²) in [5.41, 5.74) is 8.03. The van der Waals surface area contributed by atoms with E-state index in [0.29, 0.717) is 17.7 Å². The van der Waals surface area contributed by atoms with E-state index in [1.54, 1.807) is 7.11 Å². The Morgan fingerprint density at radius 2 is 2.26 bits per heavy atom. The number of nitrogens with zero attached hydrogens (tertiary/aromatic N) is 1. The summed E-state index contributed by atoms with van der Waals surface area (Å²) in [6.45, 7) is 4.37. The number of benzene rings is 1. The van der Waals surface area contributed by atoms with E-state index in [0.717, 1.165) is 17.5 Å². The standard InChI is InChI=1S/C14H19N3O2/c1-14(2)11(7-12(14)18-3)17-13-16-9-6-8(15)4-5-10(9)19-13/h4-6,11-12H,7,15H2,1-3H3,(H,16,17). The van der Waals surface area contributed by atoms with Gasteiger partial charge >= 0.3 is 0 Å². The molecule has 19 heavy (non-hydrogen) atoms. The number of hydrogen-bond acceptors (Lipinski definition) is 5. The van der Waals surface area contributed by atoms with Crippen molar-refractivity contribution in [3.8, 4) is 0 Å². The van der Waals surface area contributed by atoms with E-state index in [-0.39, 0.29) is 11.5 Å². The van der Waals surface area contributed by atoms with Crippen molar-refractivity contribution in [2.24, 2.45) is 5.41 Å². The first-order valence-electron chi connectivity index (χ1n) is 6.46. The Labute approximate surface area is 112 Å². The molecular weight excluding hydrogens is 242 g/mol. The second-order valence-electron chi connectivity index (χ2n) is 5.72. The van der Waals surface area contributed by atoms with Crippen molar-refractivity contribution in [2.75, 3.05) is 18.2 Å². The number of aromatic nitrogens is 1. The van der Waals surface area contributed by atoms with E-state index < -0.39 is 0 Å². The highest BCUT2D eigenvalue weighted by Gasteiger charge is 2.49. The zero-order chi connectivity index (χ0) is 13.6. The first-order valence-corrected chi connectivity index (χ1v) is 6.46. The van der Waals surface area contributed by atoms with Gasteiger partial charge in [-0.25, -0.2) is 0 Å². The third kappa shape index (κ3) is 1.94. The minimum absolute atomic E-state index is 0.0778. The van der Waals surface area contributed by atoms with Crippen molar-refractivity contribution < 1.29 is 9.15 Å². The molecule has 2 aromatic rings. The maximum Gasteiger partial charge on any atom is 0.295 e. The third-order valence-electron chi connectivity index (χ3n) is 4.17. The first-order chi connectivity index (χ1) is 9.00. The van der Waals surface area contributed by atoms with Crippen LogP contribution in [0.2, 0.25) is 0 Å². The highest BCUT2D eigenvalue weighted by Crippen LogP contribution is 2.44. The second kappa shape index (κ2) is 4.13. The highest BCUT2D eigenvalue weighted by molar-refractivity contribution is 5.78. The zero-order valence-electron chi connectivity index (χ0n) is 11.4. The summed E-state index contributed by atoms with van der Waals surface area (Å²) in [6, 6.07) is 6.32. The topological polar surface area (TPSA) is 73.3 Å². The fourth-order valence-corrected chi connectivity index (χ4v) is 2.69. The Morgan fingerprint density at radius 1 is 1.47 bits per heavy atom. The van der Waals surface area contributed by atoms with Crippen LogP contribution in [0, 0.1) is 5.41 Å². The molecule has 5 nitrogen and oxygen atoms in total. The summed E-state index contributed by atoms with van der Waals surface area (Å²) in [7, 11) is 1.75. The van der Waals surface area contributed by atoms with Gasteiger partial charge in [-0.15, -0.1) is 0 Å². The van der Waals surface area contributed by atoms with Crippen LogP contribution >= 0.6 is 0 Å². The lowest BCUT2D eigenvalue weighted by Gasteiger charge is -2.50. The van der Waals surface area contributed by atoms with E-state index in [4.69, 9.17) is 14.9 Å². The number of hydrogen-bond donors (Lipinski definition) is 2. The lowest BCUT2D eigenvalue weighted by atomic mass is 9.64. The summed E-state index contributed by atoms with van der Waals surface area (Å²) in [5.74, 6) is 0. The fraction of sp³-hybridized carbons (Fsp3) is 0.500. The number of oxazole rings is 1. The molecule has 1 aliphatic carbocycles. The molecule has 3 rings (SSSR count). The lowest BCUT2D eigenvalue weighted by molar-refractivity contribution is -0.0799. The summed E-state index contributed by atoms with van der Waals surface area (Å²) in [4.78, 5) is 4.41. The monoisotopic (exact) mass is 261 g/mol. The Kier molecular flexibility index (Phi) is 2.67. The second-order valence-corrected chi connectivity index (χ2v) is 5.72. The van der Waals surface area contributed by atoms with Crippen LogP contribution in [0.5, 0.6) is 0 Å². The third-order valence-corrected chi connectivity index (χ3v) is 4.17. The molecule has 3 N–H and O–H groups in total. The molecule has 0 saturated heterocycles.